The smallest absolute Gasteiger partial charge is 0.329 e. The lowest BCUT2D eigenvalue weighted by Crippen LogP contribution is -2.25. The number of alkyl halides is 2. The molecule has 5 saturated carbocycles. The predicted octanol–water partition coefficient (Wildman–Crippen LogP) is 18.4. The van der Waals surface area contributed by atoms with Crippen molar-refractivity contribution in [2.24, 2.45) is 0 Å². The Bertz CT molecular complexity index is 3610. The van der Waals surface area contributed by atoms with E-state index in [-0.39, 0.29) is 50.2 Å². The molecule has 5 aliphatic rings. The minimum Gasteiger partial charge on any atom is -0.504 e. The van der Waals surface area contributed by atoms with E-state index < -0.39 is 23.4 Å². The topological polar surface area (TPSA) is 259 Å². The van der Waals surface area contributed by atoms with Crippen molar-refractivity contribution in [2.75, 3.05) is 64.0 Å². The molecule has 0 atom stereocenters. The van der Waals surface area contributed by atoms with Gasteiger partial charge in [0.05, 0.1) is 114 Å². The molecule has 6 aromatic carbocycles. The number of ether oxygens (including phenoxy) is 14. The molecular formula is C86H111Cl2NO21. The van der Waals surface area contributed by atoms with Crippen LogP contribution in [0.3, 0.4) is 0 Å². The van der Waals surface area contributed by atoms with Crippen molar-refractivity contribution in [1.29, 1.82) is 0 Å². The van der Waals surface area contributed by atoms with Crippen molar-refractivity contribution in [3.63, 3.8) is 0 Å². The van der Waals surface area contributed by atoms with Crippen LogP contribution in [0.15, 0.2) is 122 Å². The number of carbonyl (C=O) groups is 5. The van der Waals surface area contributed by atoms with E-state index in [0.29, 0.717) is 81.8 Å². The van der Waals surface area contributed by atoms with E-state index in [4.69, 9.17) is 102 Å². The SMILES string of the molecule is C=CC(=O)OC.COc1ccc(C=O)cc1O.COc1ccc(C=O)cc1OC1CCCC1.COc1ccc(CCl)cc1OC1CCCC1.COc1ccc(CCl)cc1OC1CCCC1.COc1ccc(CO)cc1OC1CCCC1.[C-]#[N+]C(CCC(=O)OC)(CCC(=O)OC)c1ccc(OC)c(OC2CCCC2)c1. The summed E-state index contributed by atoms with van der Waals surface area (Å²) in [6.07, 6.45) is 27.9. The highest BCUT2D eigenvalue weighted by molar-refractivity contribution is 6.17. The number of phenolic OH excluding ortho intramolecular Hbond substituents is 1. The van der Waals surface area contributed by atoms with Gasteiger partial charge in [-0.15, -0.1) is 23.2 Å². The van der Waals surface area contributed by atoms with Crippen molar-refractivity contribution in [3.05, 3.63) is 167 Å². The number of rotatable bonds is 29. The Labute approximate surface area is 658 Å². The Hall–Kier alpha value is -9.56. The van der Waals surface area contributed by atoms with Gasteiger partial charge in [-0.1, -0.05) is 24.8 Å². The number of carbonyl (C=O) groups excluding carboxylic acids is 5. The van der Waals surface area contributed by atoms with Crippen LogP contribution in [0.2, 0.25) is 0 Å². The predicted molar refractivity (Wildman–Crippen MR) is 423 cm³/mol. The van der Waals surface area contributed by atoms with Crippen molar-refractivity contribution in [1.82, 2.24) is 0 Å². The molecule has 11 rings (SSSR count). The van der Waals surface area contributed by atoms with E-state index in [1.807, 2.05) is 60.7 Å². The maximum Gasteiger partial charge on any atom is 0.329 e. The molecular weight excluding hydrogens is 1450 g/mol. The monoisotopic (exact) mass is 1560 g/mol. The van der Waals surface area contributed by atoms with Gasteiger partial charge in [-0.25, -0.2) is 11.4 Å². The Kier molecular flexibility index (Phi) is 42.2. The first-order valence-corrected chi connectivity index (χ1v) is 38.4. The van der Waals surface area contributed by atoms with Crippen molar-refractivity contribution in [3.8, 4) is 69.0 Å². The molecule has 0 saturated heterocycles. The second-order valence-corrected chi connectivity index (χ2v) is 27.0. The number of aliphatic hydroxyl groups excluding tert-OH is 1. The summed E-state index contributed by atoms with van der Waals surface area (Å²) in [4.78, 5) is 58.1. The molecule has 0 heterocycles. The maximum absolute atomic E-state index is 11.7. The van der Waals surface area contributed by atoms with Gasteiger partial charge in [0.15, 0.2) is 69.0 Å². The number of hydrogen-bond donors (Lipinski definition) is 2. The van der Waals surface area contributed by atoms with Gasteiger partial charge >= 0.3 is 17.9 Å². The minimum atomic E-state index is -1.07. The summed E-state index contributed by atoms with van der Waals surface area (Å²) in [5.74, 6) is 7.46. The first kappa shape index (κ1) is 91.1. The molecule has 0 spiro atoms. The number of benzene rings is 6. The van der Waals surface area contributed by atoms with Crippen LogP contribution < -0.4 is 52.1 Å². The Morgan fingerprint density at radius 1 is 0.427 bits per heavy atom. The number of esters is 3. The van der Waals surface area contributed by atoms with Crippen LogP contribution in [0.1, 0.15) is 197 Å². The number of nitrogens with zero attached hydrogens (tertiary/aromatic N) is 1. The fourth-order valence-electron chi connectivity index (χ4n) is 12.8. The van der Waals surface area contributed by atoms with Gasteiger partial charge < -0.3 is 81.4 Å². The van der Waals surface area contributed by atoms with E-state index >= 15 is 0 Å². The highest BCUT2D eigenvalue weighted by atomic mass is 35.5. The number of aromatic hydroxyl groups is 1. The van der Waals surface area contributed by atoms with Crippen LogP contribution in [0.25, 0.3) is 4.85 Å². The Balaban J connectivity index is 0.000000238. The molecule has 24 heteroatoms. The summed E-state index contributed by atoms with van der Waals surface area (Å²) in [5, 5.41) is 18.2. The standard InChI is InChI=1S/C22H29NO6.2C13H17ClO2.C13H18O3.C13H16O3.C8H8O3.C4H6O2/c1-23-22(13-11-20(24)27-3,14-12-21(25)28-4)16-9-10-18(26-2)19(15-16)29-17-7-5-6-8-17;4*1-15-12-7-6-10(9-14)8-13(12)16-11-4-2-3-5-11;1-11-8-3-2-6(5-9)4-7(8)10;1-3-4(5)6-2/h9-10,15,17H,5-8,11-14H2,2-4H3;2*6-8,11H,2-5,9H2,1H3;6-8,11,14H,2-5,9H2,1H3;6-9,11H,2-5H2,1H3;2-5,10H,1H3;3H,1H2,2H3. The Morgan fingerprint density at radius 3 is 1.01 bits per heavy atom. The molecule has 110 heavy (non-hydrogen) atoms. The lowest BCUT2D eigenvalue weighted by molar-refractivity contribution is -0.141. The van der Waals surface area contributed by atoms with E-state index in [0.717, 1.165) is 141 Å². The largest absolute Gasteiger partial charge is 0.504 e. The highest BCUT2D eigenvalue weighted by Crippen LogP contribution is 2.43. The lowest BCUT2D eigenvalue weighted by atomic mass is 9.82. The molecule has 0 aliphatic heterocycles. The first-order chi connectivity index (χ1) is 53.4. The fourth-order valence-corrected chi connectivity index (χ4v) is 13.2. The maximum atomic E-state index is 11.7. The molecule has 5 aliphatic carbocycles. The van der Waals surface area contributed by atoms with Crippen molar-refractivity contribution in [2.45, 2.75) is 209 Å². The number of phenols is 1. The first-order valence-electron chi connectivity index (χ1n) is 37.3. The second kappa shape index (κ2) is 51.0. The van der Waals surface area contributed by atoms with Gasteiger partial charge in [0.25, 0.3) is 5.54 Å². The van der Waals surface area contributed by atoms with E-state index in [2.05, 4.69) is 16.2 Å². The average molecular weight is 1570 g/mol. The van der Waals surface area contributed by atoms with Gasteiger partial charge in [0, 0.05) is 47.4 Å². The van der Waals surface area contributed by atoms with Crippen LogP contribution >= 0.6 is 23.2 Å². The Morgan fingerprint density at radius 2 is 0.727 bits per heavy atom. The van der Waals surface area contributed by atoms with Crippen LogP contribution in [0, 0.1) is 6.57 Å². The second-order valence-electron chi connectivity index (χ2n) is 26.5. The third-order valence-corrected chi connectivity index (χ3v) is 19.7. The summed E-state index contributed by atoms with van der Waals surface area (Å²) >= 11 is 11.6. The van der Waals surface area contributed by atoms with Crippen LogP contribution in [-0.2, 0) is 52.5 Å². The molecule has 0 amide bonds. The number of aldehydes is 2. The molecule has 0 aromatic heterocycles. The highest BCUT2D eigenvalue weighted by Gasteiger charge is 2.41. The molecule has 2 N–H and O–H groups in total. The van der Waals surface area contributed by atoms with E-state index in [9.17, 15) is 24.0 Å². The minimum absolute atomic E-state index is 0.0166. The molecule has 6 aromatic rings. The van der Waals surface area contributed by atoms with Crippen molar-refractivity contribution < 1.29 is 101 Å². The molecule has 0 radical (unpaired) electrons. The average Bonchev–Trinajstić information content (AvgIpc) is 0.851. The zero-order chi connectivity index (χ0) is 80.1. The number of aliphatic hydroxyl groups is 1. The van der Waals surface area contributed by atoms with Crippen LogP contribution in [-0.4, -0.2) is 135 Å². The number of halogens is 2. The third-order valence-electron chi connectivity index (χ3n) is 19.0. The molecule has 600 valence electrons. The van der Waals surface area contributed by atoms with Gasteiger partial charge in [0.2, 0.25) is 0 Å². The molecule has 0 unspecified atom stereocenters. The summed E-state index contributed by atoms with van der Waals surface area (Å²) in [6.45, 7) is 11.1. The lowest BCUT2D eigenvalue weighted by Gasteiger charge is -2.24. The number of methoxy groups -OCH3 is 9. The van der Waals surface area contributed by atoms with Crippen LogP contribution in [0.5, 0.6) is 69.0 Å². The quantitative estimate of drug-likeness (QED) is 0.0110. The summed E-state index contributed by atoms with van der Waals surface area (Å²) in [7, 11) is 13.5. The van der Waals surface area contributed by atoms with Gasteiger partial charge in [-0.3, -0.25) is 19.2 Å². The van der Waals surface area contributed by atoms with Gasteiger partial charge in [0.1, 0.15) is 12.6 Å². The van der Waals surface area contributed by atoms with Gasteiger partial charge in [-0.05, 0) is 236 Å². The van der Waals surface area contributed by atoms with E-state index in [1.165, 1.54) is 85.9 Å². The summed E-state index contributed by atoms with van der Waals surface area (Å²) < 4.78 is 74.7. The zero-order valence-corrected chi connectivity index (χ0v) is 66.7. The summed E-state index contributed by atoms with van der Waals surface area (Å²) in [5.41, 5.74) is 3.66. The zero-order valence-electron chi connectivity index (χ0n) is 65.2. The fraction of sp³-hybridized carbons (Fsp3) is 0.488. The van der Waals surface area contributed by atoms with Crippen molar-refractivity contribution >= 4 is 53.7 Å². The van der Waals surface area contributed by atoms with Gasteiger partial charge in [-0.2, -0.15) is 0 Å². The molecule has 5 fully saturated rings. The molecule has 22 nitrogen and oxygen atoms in total. The number of hydrogen-bond acceptors (Lipinski definition) is 21. The molecule has 0 bridgehead atoms. The van der Waals surface area contributed by atoms with Crippen LogP contribution in [0.4, 0.5) is 0 Å². The third kappa shape index (κ3) is 30.7. The summed E-state index contributed by atoms with van der Waals surface area (Å²) in [6, 6.07) is 32.4. The van der Waals surface area contributed by atoms with E-state index in [1.54, 1.807) is 78.0 Å². The normalized spacial score (nSPS) is 14.5.